The van der Waals surface area contributed by atoms with Crippen LogP contribution in [0.4, 0.5) is 5.69 Å². The second-order valence-electron chi connectivity index (χ2n) is 3.37. The van der Waals surface area contributed by atoms with Crippen molar-refractivity contribution in [1.82, 2.24) is 10.4 Å². The molecule has 1 saturated heterocycles. The van der Waals surface area contributed by atoms with Crippen LogP contribution in [0.2, 0.25) is 0 Å². The predicted octanol–water partition coefficient (Wildman–Crippen LogP) is 0.414. The molecule has 1 heterocycles. The minimum atomic E-state index is -0.631. The van der Waals surface area contributed by atoms with E-state index >= 15 is 0 Å². The first-order valence-electron chi connectivity index (χ1n) is 4.58. The zero-order valence-corrected chi connectivity index (χ0v) is 8.16. The highest BCUT2D eigenvalue weighted by atomic mass is 16.6. The lowest BCUT2D eigenvalue weighted by atomic mass is 10.1. The number of non-ortho nitro benzene ring substituents is 1. The van der Waals surface area contributed by atoms with Crippen molar-refractivity contribution in [1.29, 1.82) is 0 Å². The van der Waals surface area contributed by atoms with E-state index in [9.17, 15) is 20.1 Å². The number of benzene rings is 1. The molecule has 84 valence electrons. The van der Waals surface area contributed by atoms with Crippen molar-refractivity contribution in [2.24, 2.45) is 0 Å². The van der Waals surface area contributed by atoms with E-state index < -0.39 is 17.0 Å². The van der Waals surface area contributed by atoms with Crippen LogP contribution in [-0.2, 0) is 4.79 Å². The minimum absolute atomic E-state index is 0.0300. The Balaban J connectivity index is 2.22. The number of carbonyl (C=O) groups is 1. The fourth-order valence-corrected chi connectivity index (χ4v) is 1.53. The van der Waals surface area contributed by atoms with E-state index in [2.05, 4.69) is 5.32 Å². The SMILES string of the molecule is O=C1CN[C@@H](c2ccc([N+](=O)[O-])cc2)N1O. The number of rotatable bonds is 2. The fourth-order valence-electron chi connectivity index (χ4n) is 1.53. The van der Waals surface area contributed by atoms with Gasteiger partial charge in [0.2, 0.25) is 0 Å². The maximum absolute atomic E-state index is 11.0. The Morgan fingerprint density at radius 3 is 2.50 bits per heavy atom. The fraction of sp³-hybridized carbons (Fsp3) is 0.222. The Kier molecular flexibility index (Phi) is 2.55. The molecule has 1 fully saturated rings. The zero-order chi connectivity index (χ0) is 11.7. The Bertz CT molecular complexity index is 431. The van der Waals surface area contributed by atoms with Gasteiger partial charge in [-0.2, -0.15) is 0 Å². The minimum Gasteiger partial charge on any atom is -0.284 e. The van der Waals surface area contributed by atoms with Crippen LogP contribution in [0.3, 0.4) is 0 Å². The summed E-state index contributed by atoms with van der Waals surface area (Å²) in [5.74, 6) is -0.427. The highest BCUT2D eigenvalue weighted by Gasteiger charge is 2.30. The molecule has 1 aromatic rings. The molecule has 1 amide bonds. The van der Waals surface area contributed by atoms with Crippen molar-refractivity contribution in [3.05, 3.63) is 39.9 Å². The molecule has 1 aliphatic rings. The number of carbonyl (C=O) groups excluding carboxylic acids is 1. The van der Waals surface area contributed by atoms with E-state index in [0.717, 1.165) is 0 Å². The van der Waals surface area contributed by atoms with E-state index in [1.807, 2.05) is 0 Å². The lowest BCUT2D eigenvalue weighted by Crippen LogP contribution is -2.26. The first kappa shape index (κ1) is 10.5. The summed E-state index contributed by atoms with van der Waals surface area (Å²) in [5.41, 5.74) is 0.566. The lowest BCUT2D eigenvalue weighted by Gasteiger charge is -2.17. The van der Waals surface area contributed by atoms with Crippen LogP contribution in [0, 0.1) is 10.1 Å². The number of nitrogens with one attached hydrogen (secondary N) is 1. The van der Waals surface area contributed by atoms with E-state index in [-0.39, 0.29) is 12.2 Å². The molecular weight excluding hydrogens is 214 g/mol. The summed E-state index contributed by atoms with van der Waals surface area (Å²) >= 11 is 0. The van der Waals surface area contributed by atoms with Gasteiger partial charge in [-0.3, -0.25) is 25.4 Å². The van der Waals surface area contributed by atoms with Gasteiger partial charge in [0, 0.05) is 12.1 Å². The van der Waals surface area contributed by atoms with E-state index in [1.54, 1.807) is 0 Å². The third kappa shape index (κ3) is 1.73. The highest BCUT2D eigenvalue weighted by Crippen LogP contribution is 2.22. The topological polar surface area (TPSA) is 95.7 Å². The van der Waals surface area contributed by atoms with E-state index in [0.29, 0.717) is 10.6 Å². The number of hydroxylamine groups is 2. The molecule has 16 heavy (non-hydrogen) atoms. The smallest absolute Gasteiger partial charge is 0.269 e. The summed E-state index contributed by atoms with van der Waals surface area (Å²) in [7, 11) is 0. The summed E-state index contributed by atoms with van der Waals surface area (Å²) in [6.45, 7) is 0.0537. The lowest BCUT2D eigenvalue weighted by molar-refractivity contribution is -0.384. The molecule has 0 saturated carbocycles. The Morgan fingerprint density at radius 2 is 2.06 bits per heavy atom. The number of hydrogen-bond acceptors (Lipinski definition) is 5. The van der Waals surface area contributed by atoms with Gasteiger partial charge in [0.25, 0.3) is 11.6 Å². The second kappa shape index (κ2) is 3.87. The first-order chi connectivity index (χ1) is 7.59. The molecule has 0 aromatic heterocycles. The van der Waals surface area contributed by atoms with Crippen LogP contribution in [0.25, 0.3) is 0 Å². The molecule has 1 aromatic carbocycles. The standard InChI is InChI=1S/C9H9N3O4/c13-8-5-10-9(11(8)14)6-1-3-7(4-2-6)12(15)16/h1-4,9-10,14H,5H2/t9-/m1/s1. The molecule has 1 aliphatic heterocycles. The van der Waals surface area contributed by atoms with Crippen LogP contribution >= 0.6 is 0 Å². The summed E-state index contributed by atoms with van der Waals surface area (Å²) in [5, 5.41) is 23.2. The summed E-state index contributed by atoms with van der Waals surface area (Å²) < 4.78 is 0. The van der Waals surface area contributed by atoms with Crippen LogP contribution in [0.1, 0.15) is 11.7 Å². The van der Waals surface area contributed by atoms with Gasteiger partial charge in [-0.1, -0.05) is 0 Å². The van der Waals surface area contributed by atoms with Crippen LogP contribution in [0.5, 0.6) is 0 Å². The molecule has 7 nitrogen and oxygen atoms in total. The average Bonchev–Trinajstić information content (AvgIpc) is 2.60. The Labute approximate surface area is 90.4 Å². The maximum Gasteiger partial charge on any atom is 0.269 e. The Hall–Kier alpha value is -1.99. The van der Waals surface area contributed by atoms with Crippen LogP contribution in [-0.4, -0.2) is 27.6 Å². The van der Waals surface area contributed by atoms with E-state index in [4.69, 9.17) is 0 Å². The van der Waals surface area contributed by atoms with Crippen molar-refractivity contribution in [3.63, 3.8) is 0 Å². The van der Waals surface area contributed by atoms with Gasteiger partial charge in [-0.05, 0) is 17.7 Å². The molecule has 0 spiro atoms. The van der Waals surface area contributed by atoms with Gasteiger partial charge in [-0.15, -0.1) is 0 Å². The molecule has 2 N–H and O–H groups in total. The first-order valence-corrected chi connectivity index (χ1v) is 4.58. The molecule has 0 radical (unpaired) electrons. The third-order valence-electron chi connectivity index (χ3n) is 2.37. The van der Waals surface area contributed by atoms with Gasteiger partial charge in [0.1, 0.15) is 6.17 Å². The molecule has 0 unspecified atom stereocenters. The van der Waals surface area contributed by atoms with Crippen molar-refractivity contribution in [2.75, 3.05) is 6.54 Å². The molecule has 0 aliphatic carbocycles. The number of nitrogens with zero attached hydrogens (tertiary/aromatic N) is 2. The largest absolute Gasteiger partial charge is 0.284 e. The van der Waals surface area contributed by atoms with Gasteiger partial charge < -0.3 is 0 Å². The van der Waals surface area contributed by atoms with Crippen molar-refractivity contribution < 1.29 is 14.9 Å². The maximum atomic E-state index is 11.0. The molecule has 2 rings (SSSR count). The van der Waals surface area contributed by atoms with Gasteiger partial charge >= 0.3 is 0 Å². The number of nitro benzene ring substituents is 1. The predicted molar refractivity (Wildman–Crippen MR) is 52.5 cm³/mol. The summed E-state index contributed by atoms with van der Waals surface area (Å²) in [6, 6.07) is 5.65. The number of hydrogen-bond donors (Lipinski definition) is 2. The normalized spacial score (nSPS) is 20.2. The second-order valence-corrected chi connectivity index (χ2v) is 3.37. The molecule has 0 bridgehead atoms. The van der Waals surface area contributed by atoms with Gasteiger partial charge in [-0.25, -0.2) is 5.06 Å². The zero-order valence-electron chi connectivity index (χ0n) is 8.16. The summed E-state index contributed by atoms with van der Waals surface area (Å²) in [6.07, 6.45) is -0.631. The average molecular weight is 223 g/mol. The number of amides is 1. The van der Waals surface area contributed by atoms with Crippen molar-refractivity contribution in [3.8, 4) is 0 Å². The van der Waals surface area contributed by atoms with Crippen molar-refractivity contribution in [2.45, 2.75) is 6.17 Å². The quantitative estimate of drug-likeness (QED) is 0.430. The molecule has 7 heteroatoms. The highest BCUT2D eigenvalue weighted by molar-refractivity contribution is 5.79. The summed E-state index contributed by atoms with van der Waals surface area (Å²) in [4.78, 5) is 21.0. The van der Waals surface area contributed by atoms with Gasteiger partial charge in [0.05, 0.1) is 11.5 Å². The van der Waals surface area contributed by atoms with E-state index in [1.165, 1.54) is 24.3 Å². The molecular formula is C9H9N3O4. The molecule has 1 atom stereocenters. The van der Waals surface area contributed by atoms with Crippen LogP contribution in [0.15, 0.2) is 24.3 Å². The number of nitro groups is 1. The van der Waals surface area contributed by atoms with Crippen LogP contribution < -0.4 is 5.32 Å². The Morgan fingerprint density at radius 1 is 1.44 bits per heavy atom. The van der Waals surface area contributed by atoms with Gasteiger partial charge in [0.15, 0.2) is 0 Å². The third-order valence-corrected chi connectivity index (χ3v) is 2.37. The monoisotopic (exact) mass is 223 g/mol. The van der Waals surface area contributed by atoms with Crippen molar-refractivity contribution >= 4 is 11.6 Å².